The number of aromatic nitrogens is 1. The van der Waals surface area contributed by atoms with Crippen LogP contribution in [-0.4, -0.2) is 10.9 Å². The summed E-state index contributed by atoms with van der Waals surface area (Å²) in [5.74, 6) is 5.09. The van der Waals surface area contributed by atoms with Gasteiger partial charge < -0.3 is 0 Å². The van der Waals surface area contributed by atoms with E-state index in [0.717, 1.165) is 35.0 Å². The lowest BCUT2D eigenvalue weighted by atomic mass is 9.96. The Labute approximate surface area is 150 Å². The van der Waals surface area contributed by atoms with Gasteiger partial charge in [-0.15, -0.1) is 0 Å². The molecule has 4 heteroatoms. The number of hydrogen-bond acceptors (Lipinski definition) is 3. The lowest BCUT2D eigenvalue weighted by molar-refractivity contribution is 0.0955. The molecule has 5 rings (SSSR count). The maximum atomic E-state index is 12.3. The molecule has 1 amide bonds. The van der Waals surface area contributed by atoms with E-state index in [4.69, 9.17) is 10.8 Å². The van der Waals surface area contributed by atoms with Crippen molar-refractivity contribution < 1.29 is 4.79 Å². The fourth-order valence-electron chi connectivity index (χ4n) is 4.05. The van der Waals surface area contributed by atoms with Crippen molar-refractivity contribution in [1.29, 1.82) is 0 Å². The molecule has 1 aromatic heterocycles. The molecule has 0 saturated heterocycles. The molecule has 126 valence electrons. The van der Waals surface area contributed by atoms with Gasteiger partial charge in [0.25, 0.3) is 5.91 Å². The monoisotopic (exact) mass is 339 g/mol. The first-order valence-corrected chi connectivity index (χ1v) is 8.71. The average molecular weight is 339 g/mol. The van der Waals surface area contributed by atoms with Crippen LogP contribution in [0.3, 0.4) is 0 Å². The third kappa shape index (κ3) is 2.13. The molecule has 0 fully saturated rings. The summed E-state index contributed by atoms with van der Waals surface area (Å²) in [4.78, 5) is 17.2. The Hall–Kier alpha value is -3.24. The van der Waals surface area contributed by atoms with Crippen molar-refractivity contribution in [2.75, 3.05) is 0 Å². The number of nitrogens with two attached hydrogens (primary N) is 1. The lowest BCUT2D eigenvalue weighted by Crippen LogP contribution is -2.30. The van der Waals surface area contributed by atoms with Gasteiger partial charge in [-0.25, -0.2) is 10.8 Å². The molecule has 1 heterocycles. The topological polar surface area (TPSA) is 68.0 Å². The second kappa shape index (κ2) is 5.64. The lowest BCUT2D eigenvalue weighted by Gasteiger charge is -2.12. The van der Waals surface area contributed by atoms with Crippen LogP contribution in [-0.2, 0) is 12.8 Å². The number of pyridine rings is 1. The predicted molar refractivity (Wildman–Crippen MR) is 104 cm³/mol. The summed E-state index contributed by atoms with van der Waals surface area (Å²) in [6, 6.07) is 20.2. The number of para-hydroxylation sites is 1. The number of aryl methyl sites for hydroxylation is 2. The summed E-state index contributed by atoms with van der Waals surface area (Å²) >= 11 is 0. The van der Waals surface area contributed by atoms with E-state index in [1.807, 2.05) is 30.3 Å². The van der Waals surface area contributed by atoms with Crippen molar-refractivity contribution in [3.63, 3.8) is 0 Å². The normalized spacial score (nSPS) is 12.7. The van der Waals surface area contributed by atoms with Gasteiger partial charge in [-0.05, 0) is 46.9 Å². The number of nitrogen functional groups attached to an aromatic ring is 1. The standard InChI is InChI=1S/C22H17N3O/c23-25-22(26)18-12-20(24-19-7-2-1-5-15(18)19)16-11-10-14-9-8-13-4-3-6-17(16)21(13)14/h1-7,10-12H,8-9,23H2,(H,25,26). The van der Waals surface area contributed by atoms with E-state index < -0.39 is 0 Å². The number of amides is 1. The van der Waals surface area contributed by atoms with Crippen LogP contribution >= 0.6 is 0 Å². The highest BCUT2D eigenvalue weighted by molar-refractivity contribution is 6.08. The largest absolute Gasteiger partial charge is 0.290 e. The molecule has 0 unspecified atom stereocenters. The Morgan fingerprint density at radius 2 is 1.69 bits per heavy atom. The molecule has 0 aliphatic heterocycles. The van der Waals surface area contributed by atoms with Crippen molar-refractivity contribution in [2.24, 2.45) is 5.84 Å². The van der Waals surface area contributed by atoms with Crippen molar-refractivity contribution in [2.45, 2.75) is 12.8 Å². The van der Waals surface area contributed by atoms with Crippen LogP contribution in [0.15, 0.2) is 60.7 Å². The maximum Gasteiger partial charge on any atom is 0.265 e. The molecule has 1 aliphatic carbocycles. The van der Waals surface area contributed by atoms with Crippen LogP contribution in [0.1, 0.15) is 21.5 Å². The van der Waals surface area contributed by atoms with Crippen LogP contribution in [0, 0.1) is 0 Å². The zero-order valence-corrected chi connectivity index (χ0v) is 14.1. The van der Waals surface area contributed by atoms with E-state index in [-0.39, 0.29) is 5.91 Å². The number of hydrogen-bond donors (Lipinski definition) is 2. The highest BCUT2D eigenvalue weighted by atomic mass is 16.2. The summed E-state index contributed by atoms with van der Waals surface area (Å²) in [5, 5.41) is 3.33. The number of fused-ring (bicyclic) bond motifs is 1. The molecule has 26 heavy (non-hydrogen) atoms. The minimum Gasteiger partial charge on any atom is -0.290 e. The number of carbonyl (C=O) groups excluding carboxylic acids is 1. The summed E-state index contributed by atoms with van der Waals surface area (Å²) in [6.07, 6.45) is 2.17. The zero-order chi connectivity index (χ0) is 17.7. The Morgan fingerprint density at radius 1 is 0.923 bits per heavy atom. The van der Waals surface area contributed by atoms with Crippen molar-refractivity contribution >= 4 is 27.6 Å². The number of rotatable bonds is 2. The first-order chi connectivity index (χ1) is 12.8. The van der Waals surface area contributed by atoms with E-state index in [1.165, 1.54) is 21.9 Å². The molecule has 3 aromatic carbocycles. The van der Waals surface area contributed by atoms with Crippen LogP contribution in [0.2, 0.25) is 0 Å². The van der Waals surface area contributed by atoms with Crippen molar-refractivity contribution in [1.82, 2.24) is 10.4 Å². The summed E-state index contributed by atoms with van der Waals surface area (Å²) in [7, 11) is 0. The third-order valence-electron chi connectivity index (χ3n) is 5.24. The average Bonchev–Trinajstić information content (AvgIpc) is 3.12. The van der Waals surface area contributed by atoms with Gasteiger partial charge >= 0.3 is 0 Å². The first-order valence-electron chi connectivity index (χ1n) is 8.71. The molecule has 3 N–H and O–H groups in total. The van der Waals surface area contributed by atoms with E-state index in [2.05, 4.69) is 35.8 Å². The molecule has 4 aromatic rings. The van der Waals surface area contributed by atoms with Gasteiger partial charge in [-0.2, -0.15) is 0 Å². The molecular weight excluding hydrogens is 322 g/mol. The Balaban J connectivity index is 1.84. The number of nitrogens with zero attached hydrogens (tertiary/aromatic N) is 1. The van der Waals surface area contributed by atoms with Gasteiger partial charge in [-0.1, -0.05) is 48.5 Å². The van der Waals surface area contributed by atoms with Crippen LogP contribution in [0.25, 0.3) is 32.9 Å². The molecule has 1 aliphatic rings. The second-order valence-electron chi connectivity index (χ2n) is 6.66. The Bertz CT molecular complexity index is 1190. The molecule has 0 bridgehead atoms. The van der Waals surface area contributed by atoms with Crippen LogP contribution < -0.4 is 11.3 Å². The van der Waals surface area contributed by atoms with E-state index >= 15 is 0 Å². The fraction of sp³-hybridized carbons (Fsp3) is 0.0909. The quantitative estimate of drug-likeness (QED) is 0.332. The predicted octanol–water partition coefficient (Wildman–Crippen LogP) is 3.76. The Morgan fingerprint density at radius 3 is 2.54 bits per heavy atom. The Kier molecular flexibility index (Phi) is 3.27. The summed E-state index contributed by atoms with van der Waals surface area (Å²) in [6.45, 7) is 0. The van der Waals surface area contributed by atoms with Crippen molar-refractivity contribution in [3.8, 4) is 11.3 Å². The molecular formula is C22H17N3O. The third-order valence-corrected chi connectivity index (χ3v) is 5.24. The second-order valence-corrected chi connectivity index (χ2v) is 6.66. The maximum absolute atomic E-state index is 12.3. The smallest absolute Gasteiger partial charge is 0.265 e. The molecule has 0 spiro atoms. The van der Waals surface area contributed by atoms with Gasteiger partial charge in [0.15, 0.2) is 0 Å². The summed E-state index contributed by atoms with van der Waals surface area (Å²) in [5.41, 5.74) is 8.19. The van der Waals surface area contributed by atoms with Crippen LogP contribution in [0.5, 0.6) is 0 Å². The van der Waals surface area contributed by atoms with Gasteiger partial charge in [0.1, 0.15) is 0 Å². The minimum atomic E-state index is -0.309. The number of nitrogens with one attached hydrogen (secondary N) is 1. The molecule has 0 atom stereocenters. The molecule has 0 saturated carbocycles. The highest BCUT2D eigenvalue weighted by Gasteiger charge is 2.18. The highest BCUT2D eigenvalue weighted by Crippen LogP contribution is 2.37. The van der Waals surface area contributed by atoms with E-state index in [9.17, 15) is 4.79 Å². The van der Waals surface area contributed by atoms with E-state index in [1.54, 1.807) is 0 Å². The minimum absolute atomic E-state index is 0.309. The van der Waals surface area contributed by atoms with Gasteiger partial charge in [0.2, 0.25) is 0 Å². The van der Waals surface area contributed by atoms with E-state index in [0.29, 0.717) is 5.56 Å². The number of hydrazine groups is 1. The van der Waals surface area contributed by atoms with Crippen molar-refractivity contribution in [3.05, 3.63) is 77.4 Å². The summed E-state index contributed by atoms with van der Waals surface area (Å²) < 4.78 is 0. The van der Waals surface area contributed by atoms with Gasteiger partial charge in [-0.3, -0.25) is 10.2 Å². The number of carbonyl (C=O) groups is 1. The number of benzene rings is 3. The van der Waals surface area contributed by atoms with Gasteiger partial charge in [0, 0.05) is 10.9 Å². The SMILES string of the molecule is NNC(=O)c1cc(-c2ccc3c4c(cccc24)CC3)nc2ccccc12. The zero-order valence-electron chi connectivity index (χ0n) is 14.1. The fourth-order valence-corrected chi connectivity index (χ4v) is 4.05. The molecule has 4 nitrogen and oxygen atoms in total. The van der Waals surface area contributed by atoms with Crippen LogP contribution in [0.4, 0.5) is 0 Å². The first kappa shape index (κ1) is 15.0. The van der Waals surface area contributed by atoms with Gasteiger partial charge in [0.05, 0.1) is 16.8 Å². The molecule has 0 radical (unpaired) electrons.